The summed E-state index contributed by atoms with van der Waals surface area (Å²) in [5, 5.41) is 2.72. The van der Waals surface area contributed by atoms with E-state index in [-0.39, 0.29) is 24.1 Å². The fourth-order valence-electron chi connectivity index (χ4n) is 2.89. The predicted octanol–water partition coefficient (Wildman–Crippen LogP) is 2.11. The second kappa shape index (κ2) is 8.58. The summed E-state index contributed by atoms with van der Waals surface area (Å²) < 4.78 is 10.7. The van der Waals surface area contributed by atoms with Crippen LogP contribution < -0.4 is 20.7 Å². The summed E-state index contributed by atoms with van der Waals surface area (Å²) in [5.41, 5.74) is 8.78. The molecule has 2 aromatic rings. The van der Waals surface area contributed by atoms with Crippen LogP contribution in [0.2, 0.25) is 0 Å². The first-order valence-corrected chi connectivity index (χ1v) is 8.91. The number of hydrogen-bond donors (Lipinski definition) is 2. The van der Waals surface area contributed by atoms with Gasteiger partial charge in [-0.15, -0.1) is 0 Å². The SMILES string of the molecule is COCCNC(=O)CN1C(=O)/C(=C\c2cccc(C)c2)Oc2cc(N)ccc21. The molecule has 2 amide bonds. The lowest BCUT2D eigenvalue weighted by Gasteiger charge is -2.30. The minimum absolute atomic E-state index is 0.131. The molecule has 2 aromatic carbocycles. The van der Waals surface area contributed by atoms with Gasteiger partial charge in [-0.3, -0.25) is 14.5 Å². The third-order valence-electron chi connectivity index (χ3n) is 4.22. The number of anilines is 2. The number of ether oxygens (including phenoxy) is 2. The van der Waals surface area contributed by atoms with Crippen molar-refractivity contribution >= 4 is 29.3 Å². The third kappa shape index (κ3) is 4.50. The molecule has 3 N–H and O–H groups in total. The van der Waals surface area contributed by atoms with E-state index in [1.165, 1.54) is 4.90 Å². The Bertz CT molecular complexity index is 924. The quantitative estimate of drug-likeness (QED) is 0.454. The van der Waals surface area contributed by atoms with E-state index in [0.717, 1.165) is 11.1 Å². The van der Waals surface area contributed by atoms with Crippen molar-refractivity contribution < 1.29 is 19.1 Å². The van der Waals surface area contributed by atoms with E-state index in [1.54, 1.807) is 31.4 Å². The number of hydrogen-bond acceptors (Lipinski definition) is 5. The molecule has 0 spiro atoms. The number of aryl methyl sites for hydroxylation is 1. The Labute approximate surface area is 163 Å². The van der Waals surface area contributed by atoms with Crippen LogP contribution in [0.5, 0.6) is 5.75 Å². The first-order chi connectivity index (χ1) is 13.5. The van der Waals surface area contributed by atoms with Crippen molar-refractivity contribution in [3.05, 3.63) is 59.4 Å². The zero-order valence-corrected chi connectivity index (χ0v) is 15.9. The molecule has 0 radical (unpaired) electrons. The topological polar surface area (TPSA) is 93.9 Å². The number of fused-ring (bicyclic) bond motifs is 1. The highest BCUT2D eigenvalue weighted by Crippen LogP contribution is 2.37. The summed E-state index contributed by atoms with van der Waals surface area (Å²) in [7, 11) is 1.56. The number of amides is 2. The summed E-state index contributed by atoms with van der Waals surface area (Å²) in [5.74, 6) is -0.109. The lowest BCUT2D eigenvalue weighted by molar-refractivity contribution is -0.123. The third-order valence-corrected chi connectivity index (χ3v) is 4.22. The van der Waals surface area contributed by atoms with Gasteiger partial charge in [0.25, 0.3) is 5.91 Å². The lowest BCUT2D eigenvalue weighted by atomic mass is 10.1. The number of nitrogen functional groups attached to an aromatic ring is 1. The van der Waals surface area contributed by atoms with Gasteiger partial charge in [0, 0.05) is 25.4 Å². The van der Waals surface area contributed by atoms with Crippen molar-refractivity contribution in [2.45, 2.75) is 6.92 Å². The smallest absolute Gasteiger partial charge is 0.294 e. The second-order valence-corrected chi connectivity index (χ2v) is 6.49. The molecule has 3 rings (SSSR count). The minimum atomic E-state index is -0.388. The summed E-state index contributed by atoms with van der Waals surface area (Å²) in [4.78, 5) is 26.7. The largest absolute Gasteiger partial charge is 0.449 e. The molecular weight excluding hydrogens is 358 g/mol. The molecule has 0 aliphatic carbocycles. The van der Waals surface area contributed by atoms with Gasteiger partial charge in [-0.05, 0) is 30.7 Å². The molecule has 1 aliphatic rings. The van der Waals surface area contributed by atoms with E-state index < -0.39 is 0 Å². The average Bonchev–Trinajstić information content (AvgIpc) is 2.65. The summed E-state index contributed by atoms with van der Waals surface area (Å²) in [6.45, 7) is 2.61. The Hall–Kier alpha value is -3.32. The summed E-state index contributed by atoms with van der Waals surface area (Å²) in [6.07, 6.45) is 1.66. The van der Waals surface area contributed by atoms with Crippen LogP contribution in [0.3, 0.4) is 0 Å². The first-order valence-electron chi connectivity index (χ1n) is 8.91. The van der Waals surface area contributed by atoms with Crippen molar-refractivity contribution in [3.63, 3.8) is 0 Å². The highest BCUT2D eigenvalue weighted by Gasteiger charge is 2.31. The average molecular weight is 381 g/mol. The number of carbonyl (C=O) groups excluding carboxylic acids is 2. The van der Waals surface area contributed by atoms with Gasteiger partial charge in [-0.1, -0.05) is 29.8 Å². The van der Waals surface area contributed by atoms with Gasteiger partial charge in [0.2, 0.25) is 5.91 Å². The van der Waals surface area contributed by atoms with E-state index in [1.807, 2.05) is 31.2 Å². The van der Waals surface area contributed by atoms with E-state index in [4.69, 9.17) is 15.2 Å². The highest BCUT2D eigenvalue weighted by molar-refractivity contribution is 6.12. The van der Waals surface area contributed by atoms with E-state index in [9.17, 15) is 9.59 Å². The van der Waals surface area contributed by atoms with E-state index >= 15 is 0 Å². The number of nitrogens with two attached hydrogens (primary N) is 1. The Kier molecular flexibility index (Phi) is 5.96. The fraction of sp³-hybridized carbons (Fsp3) is 0.238. The van der Waals surface area contributed by atoms with Gasteiger partial charge in [-0.25, -0.2) is 0 Å². The molecule has 0 bridgehead atoms. The van der Waals surface area contributed by atoms with Crippen molar-refractivity contribution in [1.29, 1.82) is 0 Å². The van der Waals surface area contributed by atoms with Crippen LogP contribution in [0.15, 0.2) is 48.2 Å². The normalized spacial score (nSPS) is 14.6. The fourth-order valence-corrected chi connectivity index (χ4v) is 2.89. The van der Waals surface area contributed by atoms with Gasteiger partial charge in [0.15, 0.2) is 11.5 Å². The Morgan fingerprint density at radius 3 is 2.86 bits per heavy atom. The Morgan fingerprint density at radius 1 is 1.29 bits per heavy atom. The zero-order valence-electron chi connectivity index (χ0n) is 15.9. The standard InChI is InChI=1S/C21H23N3O4/c1-14-4-3-5-15(10-14)11-19-21(26)24(13-20(25)23-8-9-27-2)17-7-6-16(22)12-18(17)28-19/h3-7,10-12H,8-9,13,22H2,1-2H3,(H,23,25)/b19-11+. The molecule has 0 saturated carbocycles. The van der Waals surface area contributed by atoms with Gasteiger partial charge in [0.05, 0.1) is 12.3 Å². The molecule has 146 valence electrons. The number of carbonyl (C=O) groups is 2. The Balaban J connectivity index is 1.91. The number of rotatable bonds is 6. The minimum Gasteiger partial charge on any atom is -0.449 e. The number of nitrogens with one attached hydrogen (secondary N) is 1. The maximum Gasteiger partial charge on any atom is 0.294 e. The molecule has 1 heterocycles. The Morgan fingerprint density at radius 2 is 2.11 bits per heavy atom. The monoisotopic (exact) mass is 381 g/mol. The second-order valence-electron chi connectivity index (χ2n) is 6.49. The van der Waals surface area contributed by atoms with Crippen molar-refractivity contribution in [2.24, 2.45) is 0 Å². The predicted molar refractivity (Wildman–Crippen MR) is 108 cm³/mol. The van der Waals surface area contributed by atoms with Crippen LogP contribution >= 0.6 is 0 Å². The van der Waals surface area contributed by atoms with Gasteiger partial charge in [0.1, 0.15) is 6.54 Å². The van der Waals surface area contributed by atoms with Crippen molar-refractivity contribution in [1.82, 2.24) is 5.32 Å². The van der Waals surface area contributed by atoms with Crippen LogP contribution in [0.25, 0.3) is 6.08 Å². The molecule has 0 atom stereocenters. The van der Waals surface area contributed by atoms with Crippen LogP contribution in [-0.2, 0) is 14.3 Å². The highest BCUT2D eigenvalue weighted by atomic mass is 16.5. The molecule has 7 nitrogen and oxygen atoms in total. The number of benzene rings is 2. The maximum atomic E-state index is 13.0. The first kappa shape index (κ1) is 19.4. The van der Waals surface area contributed by atoms with Crippen molar-refractivity contribution in [2.75, 3.05) is 37.4 Å². The van der Waals surface area contributed by atoms with Crippen LogP contribution in [-0.4, -0.2) is 38.6 Å². The van der Waals surface area contributed by atoms with Crippen LogP contribution in [0.4, 0.5) is 11.4 Å². The zero-order chi connectivity index (χ0) is 20.1. The van der Waals surface area contributed by atoms with Crippen LogP contribution in [0.1, 0.15) is 11.1 Å². The number of nitrogens with zero attached hydrogens (tertiary/aromatic N) is 1. The molecule has 28 heavy (non-hydrogen) atoms. The van der Waals surface area contributed by atoms with E-state index in [0.29, 0.717) is 30.3 Å². The van der Waals surface area contributed by atoms with Gasteiger partial charge < -0.3 is 20.5 Å². The summed E-state index contributed by atoms with van der Waals surface area (Å²) >= 11 is 0. The molecular formula is C21H23N3O4. The molecule has 0 unspecified atom stereocenters. The maximum absolute atomic E-state index is 13.0. The van der Waals surface area contributed by atoms with Crippen molar-refractivity contribution in [3.8, 4) is 5.75 Å². The molecule has 0 aromatic heterocycles. The van der Waals surface area contributed by atoms with Gasteiger partial charge >= 0.3 is 0 Å². The lowest BCUT2D eigenvalue weighted by Crippen LogP contribution is -2.44. The molecule has 0 saturated heterocycles. The number of methoxy groups -OCH3 is 1. The molecule has 7 heteroatoms. The van der Waals surface area contributed by atoms with Gasteiger partial charge in [-0.2, -0.15) is 0 Å². The molecule has 0 fully saturated rings. The van der Waals surface area contributed by atoms with E-state index in [2.05, 4.69) is 5.32 Å². The summed E-state index contributed by atoms with van der Waals surface area (Å²) in [6, 6.07) is 12.7. The van der Waals surface area contributed by atoms with Crippen LogP contribution in [0, 0.1) is 6.92 Å². The molecule has 1 aliphatic heterocycles.